The van der Waals surface area contributed by atoms with Crippen LogP contribution in [0.2, 0.25) is 0 Å². The van der Waals surface area contributed by atoms with Gasteiger partial charge in [0.2, 0.25) is 0 Å². The number of ether oxygens (including phenoxy) is 1. The van der Waals surface area contributed by atoms with Crippen molar-refractivity contribution in [3.63, 3.8) is 0 Å². The van der Waals surface area contributed by atoms with Gasteiger partial charge in [0.25, 0.3) is 5.91 Å². The molecule has 0 spiro atoms. The van der Waals surface area contributed by atoms with Gasteiger partial charge in [0.1, 0.15) is 11.3 Å². The van der Waals surface area contributed by atoms with Crippen molar-refractivity contribution in [1.82, 2.24) is 4.98 Å². The minimum absolute atomic E-state index is 0.0609. The van der Waals surface area contributed by atoms with Gasteiger partial charge >= 0.3 is 0 Å². The van der Waals surface area contributed by atoms with Crippen LogP contribution in [-0.4, -0.2) is 22.6 Å². The normalized spacial score (nSPS) is 13.6. The zero-order valence-electron chi connectivity index (χ0n) is 14.6. The molecule has 0 radical (unpaired) electrons. The van der Waals surface area contributed by atoms with Gasteiger partial charge in [0.15, 0.2) is 5.82 Å². The average Bonchev–Trinajstić information content (AvgIpc) is 3.53. The molecule has 1 aliphatic rings. The van der Waals surface area contributed by atoms with Gasteiger partial charge in [0.05, 0.1) is 18.9 Å². The van der Waals surface area contributed by atoms with Gasteiger partial charge in [0, 0.05) is 17.1 Å². The summed E-state index contributed by atoms with van der Waals surface area (Å²) in [5, 5.41) is 12.3. The van der Waals surface area contributed by atoms with Crippen molar-refractivity contribution in [3.8, 4) is 5.75 Å². The molecular formula is C21H19FN2O3. The van der Waals surface area contributed by atoms with Crippen molar-refractivity contribution in [1.29, 1.82) is 0 Å². The number of anilines is 1. The lowest BCUT2D eigenvalue weighted by Gasteiger charge is -2.10. The van der Waals surface area contributed by atoms with E-state index in [4.69, 9.17) is 9.84 Å². The van der Waals surface area contributed by atoms with Gasteiger partial charge in [-0.05, 0) is 60.7 Å². The Morgan fingerprint density at radius 1 is 1.22 bits per heavy atom. The van der Waals surface area contributed by atoms with Gasteiger partial charge in [-0.3, -0.25) is 9.78 Å². The number of carbonyl (C=O) groups excluding carboxylic acids is 1. The summed E-state index contributed by atoms with van der Waals surface area (Å²) in [6.45, 7) is 0.544. The topological polar surface area (TPSA) is 71.5 Å². The number of amides is 1. The molecule has 27 heavy (non-hydrogen) atoms. The molecule has 1 aliphatic carbocycles. The summed E-state index contributed by atoms with van der Waals surface area (Å²) in [5.41, 5.74) is 1.22. The average molecular weight is 366 g/mol. The van der Waals surface area contributed by atoms with Crippen molar-refractivity contribution in [2.24, 2.45) is 5.92 Å². The molecule has 1 aromatic heterocycles. The second-order valence-electron chi connectivity index (χ2n) is 6.73. The SMILES string of the molecule is O=C(Nc1ccc2cc(CO)cnc2c1F)c1ccc(OCC2CC2)cc1. The smallest absolute Gasteiger partial charge is 0.255 e. The number of aliphatic hydroxyl groups excluding tert-OH is 1. The molecule has 2 aromatic carbocycles. The fourth-order valence-electron chi connectivity index (χ4n) is 2.79. The molecule has 6 heteroatoms. The van der Waals surface area contributed by atoms with E-state index in [1.165, 1.54) is 25.1 Å². The fraction of sp³-hybridized carbons (Fsp3) is 0.238. The summed E-state index contributed by atoms with van der Waals surface area (Å²) in [7, 11) is 0. The number of benzene rings is 2. The molecule has 5 nitrogen and oxygen atoms in total. The van der Waals surface area contributed by atoms with Crippen LogP contribution in [0.5, 0.6) is 5.75 Å². The van der Waals surface area contributed by atoms with Gasteiger partial charge in [-0.2, -0.15) is 0 Å². The summed E-state index contributed by atoms with van der Waals surface area (Å²) >= 11 is 0. The number of aliphatic hydroxyl groups is 1. The first-order chi connectivity index (χ1) is 13.1. The summed E-state index contributed by atoms with van der Waals surface area (Å²) in [5.74, 6) is 0.369. The number of hydrogen-bond donors (Lipinski definition) is 2. The Bertz CT molecular complexity index is 985. The number of rotatable bonds is 6. The highest BCUT2D eigenvalue weighted by Gasteiger charge is 2.22. The quantitative estimate of drug-likeness (QED) is 0.694. The van der Waals surface area contributed by atoms with Crippen molar-refractivity contribution in [3.05, 3.63) is 65.6 Å². The number of pyridine rings is 1. The summed E-state index contributed by atoms with van der Waals surface area (Å²) in [6.07, 6.45) is 3.85. The third kappa shape index (κ3) is 3.90. The maximum absolute atomic E-state index is 14.7. The van der Waals surface area contributed by atoms with E-state index >= 15 is 0 Å². The lowest BCUT2D eigenvalue weighted by molar-refractivity contribution is 0.102. The van der Waals surface area contributed by atoms with Crippen LogP contribution in [0, 0.1) is 11.7 Å². The minimum Gasteiger partial charge on any atom is -0.493 e. The Hall–Kier alpha value is -2.99. The Balaban J connectivity index is 1.49. The lowest BCUT2D eigenvalue weighted by Crippen LogP contribution is -2.13. The highest BCUT2D eigenvalue weighted by atomic mass is 19.1. The molecule has 1 heterocycles. The van der Waals surface area contributed by atoms with E-state index in [-0.39, 0.29) is 17.8 Å². The Labute approximate surface area is 155 Å². The standard InChI is InChI=1S/C21H19FN2O3/c22-19-18(8-5-16-9-14(11-25)10-23-20(16)19)24-21(26)15-3-6-17(7-4-15)27-12-13-1-2-13/h3-10,13,25H,1-2,11-12H2,(H,24,26). The number of nitrogens with one attached hydrogen (secondary N) is 1. The maximum Gasteiger partial charge on any atom is 0.255 e. The first-order valence-corrected chi connectivity index (χ1v) is 8.86. The molecule has 0 bridgehead atoms. The second kappa shape index (κ2) is 7.32. The van der Waals surface area contributed by atoms with Gasteiger partial charge < -0.3 is 15.2 Å². The lowest BCUT2D eigenvalue weighted by atomic mass is 10.1. The number of nitrogens with zero attached hydrogens (tertiary/aromatic N) is 1. The number of fused-ring (bicyclic) bond motifs is 1. The van der Waals surface area contributed by atoms with Gasteiger partial charge in [-0.25, -0.2) is 4.39 Å². The van der Waals surface area contributed by atoms with Crippen LogP contribution in [0.4, 0.5) is 10.1 Å². The zero-order valence-corrected chi connectivity index (χ0v) is 14.6. The first kappa shape index (κ1) is 17.4. The molecule has 0 saturated heterocycles. The molecule has 0 unspecified atom stereocenters. The predicted octanol–water partition coefficient (Wildman–Crippen LogP) is 3.91. The van der Waals surface area contributed by atoms with E-state index in [9.17, 15) is 9.18 Å². The fourth-order valence-corrected chi connectivity index (χ4v) is 2.79. The van der Waals surface area contributed by atoms with Crippen molar-refractivity contribution < 1.29 is 19.0 Å². The summed E-state index contributed by atoms with van der Waals surface area (Å²) in [4.78, 5) is 16.5. The van der Waals surface area contributed by atoms with Crippen LogP contribution in [0.1, 0.15) is 28.8 Å². The summed E-state index contributed by atoms with van der Waals surface area (Å²) < 4.78 is 20.3. The number of carbonyl (C=O) groups is 1. The molecule has 4 rings (SSSR count). The molecule has 1 saturated carbocycles. The Morgan fingerprint density at radius 2 is 2.00 bits per heavy atom. The Kier molecular flexibility index (Phi) is 4.73. The number of aromatic nitrogens is 1. The molecule has 2 N–H and O–H groups in total. The number of halogens is 1. The van der Waals surface area contributed by atoms with E-state index in [1.807, 2.05) is 0 Å². The van der Waals surface area contributed by atoms with E-state index < -0.39 is 11.7 Å². The van der Waals surface area contributed by atoms with Crippen LogP contribution >= 0.6 is 0 Å². The highest BCUT2D eigenvalue weighted by molar-refractivity contribution is 6.05. The Morgan fingerprint density at radius 3 is 2.70 bits per heavy atom. The van der Waals surface area contributed by atoms with Crippen molar-refractivity contribution >= 4 is 22.5 Å². The van der Waals surface area contributed by atoms with Crippen molar-refractivity contribution in [2.75, 3.05) is 11.9 Å². The third-order valence-corrected chi connectivity index (χ3v) is 4.58. The predicted molar refractivity (Wildman–Crippen MR) is 100 cm³/mol. The highest BCUT2D eigenvalue weighted by Crippen LogP contribution is 2.29. The van der Waals surface area contributed by atoms with E-state index in [0.29, 0.717) is 29.0 Å². The summed E-state index contributed by atoms with van der Waals surface area (Å²) in [6, 6.07) is 11.6. The van der Waals surface area contributed by atoms with Crippen LogP contribution in [0.25, 0.3) is 10.9 Å². The van der Waals surface area contributed by atoms with E-state index in [1.54, 1.807) is 36.4 Å². The van der Waals surface area contributed by atoms with E-state index in [0.717, 1.165) is 5.75 Å². The van der Waals surface area contributed by atoms with E-state index in [2.05, 4.69) is 10.3 Å². The van der Waals surface area contributed by atoms with Crippen LogP contribution in [0.15, 0.2) is 48.7 Å². The maximum atomic E-state index is 14.7. The molecular weight excluding hydrogens is 347 g/mol. The molecule has 0 aliphatic heterocycles. The zero-order chi connectivity index (χ0) is 18.8. The largest absolute Gasteiger partial charge is 0.493 e. The van der Waals surface area contributed by atoms with Crippen molar-refractivity contribution in [2.45, 2.75) is 19.4 Å². The molecule has 0 atom stereocenters. The van der Waals surface area contributed by atoms with Gasteiger partial charge in [-0.15, -0.1) is 0 Å². The van der Waals surface area contributed by atoms with Crippen LogP contribution in [-0.2, 0) is 6.61 Å². The molecule has 1 amide bonds. The van der Waals surface area contributed by atoms with Crippen LogP contribution in [0.3, 0.4) is 0 Å². The first-order valence-electron chi connectivity index (χ1n) is 8.86. The molecule has 138 valence electrons. The second-order valence-corrected chi connectivity index (χ2v) is 6.73. The monoisotopic (exact) mass is 366 g/mol. The molecule has 3 aromatic rings. The third-order valence-electron chi connectivity index (χ3n) is 4.58. The number of hydrogen-bond acceptors (Lipinski definition) is 4. The van der Waals surface area contributed by atoms with Gasteiger partial charge in [-0.1, -0.05) is 6.07 Å². The van der Waals surface area contributed by atoms with Crippen LogP contribution < -0.4 is 10.1 Å². The molecule has 1 fully saturated rings. The minimum atomic E-state index is -0.602.